The zero-order chi connectivity index (χ0) is 30.6. The summed E-state index contributed by atoms with van der Waals surface area (Å²) in [6.07, 6.45) is 50.2. The molecule has 2 nitrogen and oxygen atoms in total. The Bertz CT molecular complexity index is 353. The molecule has 0 radical (unpaired) electrons. The molecule has 0 unspecified atom stereocenters. The van der Waals surface area contributed by atoms with Gasteiger partial charge in [-0.05, 0) is 12.3 Å². The summed E-state index contributed by atoms with van der Waals surface area (Å²) in [5.41, 5.74) is 0. The zero-order valence-corrected chi connectivity index (χ0v) is 29.6. The van der Waals surface area contributed by atoms with Gasteiger partial charge in [-0.3, -0.25) is 4.79 Å². The lowest BCUT2D eigenvalue weighted by Gasteiger charge is -2.05. The van der Waals surface area contributed by atoms with Crippen molar-refractivity contribution >= 4 is 5.97 Å². The van der Waals surface area contributed by atoms with E-state index in [1.54, 1.807) is 0 Å². The third kappa shape index (κ3) is 37.5. The van der Waals surface area contributed by atoms with Crippen LogP contribution in [-0.4, -0.2) is 13.1 Å². The SMILES string of the molecule is C1CCCCCCCCC1.C1CCCCCCCCC1.C1CCCCCCCCC1.COC(=O)CCCCCC(C)C. The second-order valence-electron chi connectivity index (χ2n) is 14.2. The third-order valence-electron chi connectivity index (χ3n) is 9.39. The maximum absolute atomic E-state index is 10.7. The molecule has 2 heteroatoms. The van der Waals surface area contributed by atoms with Gasteiger partial charge in [0.15, 0.2) is 0 Å². The summed E-state index contributed by atoms with van der Waals surface area (Å²) in [6, 6.07) is 0. The first-order valence-electron chi connectivity index (χ1n) is 19.7. The van der Waals surface area contributed by atoms with E-state index in [9.17, 15) is 4.79 Å². The first kappa shape index (κ1) is 41.5. The molecule has 0 aromatic carbocycles. The van der Waals surface area contributed by atoms with Crippen LogP contribution in [0.15, 0.2) is 0 Å². The maximum Gasteiger partial charge on any atom is 0.305 e. The highest BCUT2D eigenvalue weighted by molar-refractivity contribution is 5.68. The number of esters is 1. The van der Waals surface area contributed by atoms with Gasteiger partial charge in [-0.2, -0.15) is 0 Å². The van der Waals surface area contributed by atoms with E-state index in [0.29, 0.717) is 6.42 Å². The molecule has 3 aliphatic rings. The van der Waals surface area contributed by atoms with Crippen molar-refractivity contribution in [2.45, 2.75) is 239 Å². The fourth-order valence-corrected chi connectivity index (χ4v) is 6.40. The first-order valence-corrected chi connectivity index (χ1v) is 19.7. The van der Waals surface area contributed by atoms with E-state index in [4.69, 9.17) is 0 Å². The molecule has 0 amide bonds. The highest BCUT2D eigenvalue weighted by Crippen LogP contribution is 2.17. The fraction of sp³-hybridized carbons (Fsp3) is 0.975. The van der Waals surface area contributed by atoms with Gasteiger partial charge in [0.2, 0.25) is 0 Å². The second-order valence-corrected chi connectivity index (χ2v) is 14.2. The number of unbranched alkanes of at least 4 members (excludes halogenated alkanes) is 2. The molecule has 3 saturated carbocycles. The first-order chi connectivity index (χ1) is 20.7. The molecule has 252 valence electrons. The highest BCUT2D eigenvalue weighted by atomic mass is 16.5. The van der Waals surface area contributed by atoms with Gasteiger partial charge in [0.1, 0.15) is 0 Å². The Kier molecular flexibility index (Phi) is 36.2. The second kappa shape index (κ2) is 36.7. The average Bonchev–Trinajstić information content (AvgIpc) is 3.02. The third-order valence-corrected chi connectivity index (χ3v) is 9.39. The van der Waals surface area contributed by atoms with Crippen LogP contribution in [0.4, 0.5) is 0 Å². The number of methoxy groups -OCH3 is 1. The Balaban J connectivity index is 0.000000535. The lowest BCUT2D eigenvalue weighted by molar-refractivity contribution is -0.140. The number of ether oxygens (including phenoxy) is 1. The van der Waals surface area contributed by atoms with Crippen LogP contribution in [0.2, 0.25) is 0 Å². The van der Waals surface area contributed by atoms with Crippen molar-refractivity contribution in [3.8, 4) is 0 Å². The summed E-state index contributed by atoms with van der Waals surface area (Å²) in [5.74, 6) is 0.697. The number of rotatable bonds is 6. The van der Waals surface area contributed by atoms with Crippen LogP contribution < -0.4 is 0 Å². The van der Waals surface area contributed by atoms with E-state index < -0.39 is 0 Å². The van der Waals surface area contributed by atoms with Gasteiger partial charge in [0.25, 0.3) is 0 Å². The molecule has 0 aromatic rings. The predicted octanol–water partition coefficient (Wildman–Crippen LogP) is 14.5. The number of hydrogen-bond acceptors (Lipinski definition) is 2. The Morgan fingerprint density at radius 2 is 0.619 bits per heavy atom. The molecule has 3 fully saturated rings. The molecular formula is C40H80O2. The Morgan fingerprint density at radius 3 is 0.786 bits per heavy atom. The molecule has 0 bridgehead atoms. The Labute approximate surface area is 266 Å². The molecule has 0 N–H and O–H groups in total. The van der Waals surface area contributed by atoms with Crippen LogP contribution in [0.3, 0.4) is 0 Å². The standard InChI is InChI=1S/C10H20O2.3C10H20/c1-9(2)7-5-4-6-8-10(11)12-3;3*1-2-4-6-8-10-9-7-5-3-1/h9H,4-8H2,1-3H3;3*1-10H2. The van der Waals surface area contributed by atoms with Gasteiger partial charge in [0, 0.05) is 6.42 Å². The van der Waals surface area contributed by atoms with Crippen LogP contribution in [0.1, 0.15) is 239 Å². The van der Waals surface area contributed by atoms with Gasteiger partial charge in [-0.15, -0.1) is 0 Å². The molecule has 0 atom stereocenters. The smallest absolute Gasteiger partial charge is 0.305 e. The van der Waals surface area contributed by atoms with Crippen molar-refractivity contribution < 1.29 is 9.53 Å². The van der Waals surface area contributed by atoms with Crippen molar-refractivity contribution in [3.63, 3.8) is 0 Å². The lowest BCUT2D eigenvalue weighted by atomic mass is 10.0. The molecule has 0 heterocycles. The topological polar surface area (TPSA) is 26.3 Å². The van der Waals surface area contributed by atoms with E-state index in [2.05, 4.69) is 18.6 Å². The van der Waals surface area contributed by atoms with Gasteiger partial charge in [-0.1, -0.05) is 226 Å². The van der Waals surface area contributed by atoms with E-state index in [-0.39, 0.29) is 5.97 Å². The van der Waals surface area contributed by atoms with Crippen molar-refractivity contribution in [2.75, 3.05) is 7.11 Å². The maximum atomic E-state index is 10.7. The van der Waals surface area contributed by atoms with Crippen LogP contribution in [0.5, 0.6) is 0 Å². The highest BCUT2D eigenvalue weighted by Gasteiger charge is 2.00. The van der Waals surface area contributed by atoms with Gasteiger partial charge >= 0.3 is 5.97 Å². The number of hydrogen-bond donors (Lipinski definition) is 0. The Morgan fingerprint density at radius 1 is 0.405 bits per heavy atom. The largest absolute Gasteiger partial charge is 0.469 e. The summed E-state index contributed by atoms with van der Waals surface area (Å²) < 4.78 is 4.54. The minimum absolute atomic E-state index is 0.0838. The average molecular weight is 593 g/mol. The molecule has 0 aromatic heterocycles. The lowest BCUT2D eigenvalue weighted by Crippen LogP contribution is -1.99. The minimum atomic E-state index is -0.0838. The quantitative estimate of drug-likeness (QED) is 0.226. The minimum Gasteiger partial charge on any atom is -0.469 e. The van der Waals surface area contributed by atoms with Crippen LogP contribution in [0.25, 0.3) is 0 Å². The van der Waals surface area contributed by atoms with E-state index in [1.807, 2.05) is 0 Å². The summed E-state index contributed by atoms with van der Waals surface area (Å²) in [6.45, 7) is 4.45. The summed E-state index contributed by atoms with van der Waals surface area (Å²) in [5, 5.41) is 0. The van der Waals surface area contributed by atoms with Gasteiger partial charge < -0.3 is 4.74 Å². The van der Waals surface area contributed by atoms with Crippen LogP contribution in [0, 0.1) is 5.92 Å². The number of carbonyl (C=O) groups is 1. The monoisotopic (exact) mass is 593 g/mol. The van der Waals surface area contributed by atoms with Gasteiger partial charge in [0.05, 0.1) is 7.11 Å². The van der Waals surface area contributed by atoms with Crippen molar-refractivity contribution in [2.24, 2.45) is 5.92 Å². The summed E-state index contributed by atoms with van der Waals surface area (Å²) in [7, 11) is 1.44. The Hall–Kier alpha value is -0.530. The molecular weight excluding hydrogens is 512 g/mol. The molecule has 3 aliphatic carbocycles. The van der Waals surface area contributed by atoms with Crippen LogP contribution in [-0.2, 0) is 9.53 Å². The predicted molar refractivity (Wildman–Crippen MR) is 188 cm³/mol. The van der Waals surface area contributed by atoms with Crippen molar-refractivity contribution in [3.05, 3.63) is 0 Å². The van der Waals surface area contributed by atoms with E-state index in [1.165, 1.54) is 213 Å². The number of carbonyl (C=O) groups excluding carboxylic acids is 1. The van der Waals surface area contributed by atoms with E-state index >= 15 is 0 Å². The molecule has 0 spiro atoms. The van der Waals surface area contributed by atoms with Crippen LogP contribution >= 0.6 is 0 Å². The molecule has 0 saturated heterocycles. The fourth-order valence-electron chi connectivity index (χ4n) is 6.40. The molecule has 42 heavy (non-hydrogen) atoms. The van der Waals surface area contributed by atoms with Gasteiger partial charge in [-0.25, -0.2) is 0 Å². The summed E-state index contributed by atoms with van der Waals surface area (Å²) >= 11 is 0. The van der Waals surface area contributed by atoms with Crippen molar-refractivity contribution in [1.29, 1.82) is 0 Å². The van der Waals surface area contributed by atoms with Crippen molar-refractivity contribution in [1.82, 2.24) is 0 Å². The summed E-state index contributed by atoms with van der Waals surface area (Å²) in [4.78, 5) is 10.7. The normalized spacial score (nSPS) is 20.1. The zero-order valence-electron chi connectivity index (χ0n) is 29.6. The molecule has 0 aliphatic heterocycles. The van der Waals surface area contributed by atoms with E-state index in [0.717, 1.165) is 18.8 Å². The molecule has 3 rings (SSSR count).